The molecule has 9 nitrogen and oxygen atoms in total. The lowest BCUT2D eigenvalue weighted by Crippen LogP contribution is -2.41. The van der Waals surface area contributed by atoms with Crippen molar-refractivity contribution in [3.05, 3.63) is 96.8 Å². The van der Waals surface area contributed by atoms with Gasteiger partial charge in [-0.25, -0.2) is 14.8 Å². The third-order valence-electron chi connectivity index (χ3n) is 5.41. The summed E-state index contributed by atoms with van der Waals surface area (Å²) in [5.74, 6) is 0.285. The first-order valence-corrected chi connectivity index (χ1v) is 11.5. The van der Waals surface area contributed by atoms with Gasteiger partial charge < -0.3 is 4.57 Å². The molecule has 0 aliphatic rings. The molecular weight excluding hydrogens is 440 g/mol. The minimum absolute atomic E-state index is 0.0983. The third-order valence-corrected chi connectivity index (χ3v) is 6.16. The Hall–Kier alpha value is -3.79. The minimum atomic E-state index is -0.487. The van der Waals surface area contributed by atoms with Crippen molar-refractivity contribution in [2.75, 3.05) is 0 Å². The van der Waals surface area contributed by atoms with Crippen LogP contribution >= 0.6 is 11.3 Å². The molecule has 5 rings (SSSR count). The average molecular weight is 463 g/mol. The van der Waals surface area contributed by atoms with Gasteiger partial charge in [0.05, 0.1) is 25.1 Å². The van der Waals surface area contributed by atoms with Crippen LogP contribution in [0.4, 0.5) is 0 Å². The normalized spacial score (nSPS) is 11.7. The molecule has 0 unspecified atom stereocenters. The molecule has 0 fully saturated rings. The molecule has 4 heterocycles. The highest BCUT2D eigenvalue weighted by Crippen LogP contribution is 2.12. The lowest BCUT2D eigenvalue weighted by molar-refractivity contribution is 0.529. The second kappa shape index (κ2) is 8.28. The second-order valence-electron chi connectivity index (χ2n) is 8.35. The fraction of sp³-hybridized carbons (Fsp3) is 0.261. The standard InChI is InChI=1S/C23H22N6O3S/c1-15(2)11-26-14-24-20-19(26)21(31)29(23(32)28(20)12-16-6-4-3-5-7-16)13-17-10-18(30)27-8-9-33-22(27)25-17/h3-10,14-15H,11-13H2,1-2H3. The number of thiazole rings is 1. The zero-order valence-electron chi connectivity index (χ0n) is 18.2. The van der Waals surface area contributed by atoms with E-state index in [1.165, 1.54) is 26.4 Å². The number of hydrogen-bond acceptors (Lipinski definition) is 6. The molecule has 0 radical (unpaired) electrons. The van der Waals surface area contributed by atoms with Crippen LogP contribution in [0.2, 0.25) is 0 Å². The number of imidazole rings is 1. The maximum Gasteiger partial charge on any atom is 0.333 e. The fourth-order valence-corrected chi connectivity index (χ4v) is 4.69. The molecule has 0 aliphatic heterocycles. The molecule has 0 amide bonds. The number of rotatable bonds is 6. The smallest absolute Gasteiger partial charge is 0.324 e. The summed E-state index contributed by atoms with van der Waals surface area (Å²) in [7, 11) is 0. The Kier molecular flexibility index (Phi) is 5.29. The minimum Gasteiger partial charge on any atom is -0.324 e. The van der Waals surface area contributed by atoms with Gasteiger partial charge in [0.1, 0.15) is 0 Å². The molecule has 0 spiro atoms. The Morgan fingerprint density at radius 2 is 1.82 bits per heavy atom. The summed E-state index contributed by atoms with van der Waals surface area (Å²) >= 11 is 1.32. The van der Waals surface area contributed by atoms with E-state index >= 15 is 0 Å². The van der Waals surface area contributed by atoms with E-state index < -0.39 is 11.2 Å². The molecule has 0 saturated carbocycles. The lowest BCUT2D eigenvalue weighted by Gasteiger charge is -2.13. The predicted octanol–water partition coefficient (Wildman–Crippen LogP) is 2.18. The molecule has 0 bridgehead atoms. The van der Waals surface area contributed by atoms with Crippen LogP contribution in [0.15, 0.2) is 68.7 Å². The van der Waals surface area contributed by atoms with Gasteiger partial charge in [0.2, 0.25) is 0 Å². The maximum atomic E-state index is 13.5. The van der Waals surface area contributed by atoms with Crippen LogP contribution < -0.4 is 16.8 Å². The fourth-order valence-electron chi connectivity index (χ4n) is 3.95. The van der Waals surface area contributed by atoms with Crippen LogP contribution in [0.3, 0.4) is 0 Å². The van der Waals surface area contributed by atoms with Crippen LogP contribution in [0, 0.1) is 5.92 Å². The molecule has 0 atom stereocenters. The number of hydrogen-bond donors (Lipinski definition) is 0. The summed E-state index contributed by atoms with van der Waals surface area (Å²) in [6.07, 6.45) is 3.26. The van der Waals surface area contributed by atoms with Crippen molar-refractivity contribution in [1.82, 2.24) is 28.1 Å². The Labute approximate surface area is 191 Å². The Balaban J connectivity index is 1.72. The summed E-state index contributed by atoms with van der Waals surface area (Å²) in [5.41, 5.74) is 0.827. The van der Waals surface area contributed by atoms with Gasteiger partial charge in [-0.05, 0) is 11.5 Å². The van der Waals surface area contributed by atoms with Gasteiger partial charge >= 0.3 is 5.69 Å². The van der Waals surface area contributed by atoms with E-state index in [1.807, 2.05) is 30.3 Å². The van der Waals surface area contributed by atoms with Crippen molar-refractivity contribution in [3.63, 3.8) is 0 Å². The van der Waals surface area contributed by atoms with Gasteiger partial charge in [0, 0.05) is 24.2 Å². The highest BCUT2D eigenvalue weighted by atomic mass is 32.1. The predicted molar refractivity (Wildman–Crippen MR) is 127 cm³/mol. The third kappa shape index (κ3) is 3.82. The van der Waals surface area contributed by atoms with E-state index in [0.29, 0.717) is 28.4 Å². The molecule has 4 aromatic heterocycles. The quantitative estimate of drug-likeness (QED) is 0.385. The van der Waals surface area contributed by atoms with Crippen molar-refractivity contribution in [2.45, 2.75) is 33.5 Å². The zero-order valence-corrected chi connectivity index (χ0v) is 19.0. The first-order valence-electron chi connectivity index (χ1n) is 10.6. The zero-order chi connectivity index (χ0) is 23.1. The molecule has 33 heavy (non-hydrogen) atoms. The molecule has 0 N–H and O–H groups in total. The summed E-state index contributed by atoms with van der Waals surface area (Å²) in [6.45, 7) is 4.88. The first kappa shape index (κ1) is 21.1. The molecule has 0 saturated heterocycles. The van der Waals surface area contributed by atoms with E-state index in [2.05, 4.69) is 23.8 Å². The second-order valence-corrected chi connectivity index (χ2v) is 9.22. The number of fused-ring (bicyclic) bond motifs is 2. The summed E-state index contributed by atoms with van der Waals surface area (Å²) in [5, 5.41) is 1.77. The number of nitrogens with zero attached hydrogens (tertiary/aromatic N) is 6. The molecule has 0 aliphatic carbocycles. The van der Waals surface area contributed by atoms with Crippen LogP contribution in [-0.4, -0.2) is 28.1 Å². The molecule has 10 heteroatoms. The van der Waals surface area contributed by atoms with Crippen LogP contribution in [0.1, 0.15) is 25.1 Å². The monoisotopic (exact) mass is 462 g/mol. The summed E-state index contributed by atoms with van der Waals surface area (Å²) < 4.78 is 5.89. The topological polar surface area (TPSA) is 96.2 Å². The summed E-state index contributed by atoms with van der Waals surface area (Å²) in [6, 6.07) is 10.9. The van der Waals surface area contributed by atoms with E-state index in [-0.39, 0.29) is 24.6 Å². The number of benzene rings is 1. The van der Waals surface area contributed by atoms with Gasteiger partial charge in [-0.2, -0.15) is 0 Å². The van der Waals surface area contributed by atoms with Gasteiger partial charge in [-0.1, -0.05) is 44.2 Å². The van der Waals surface area contributed by atoms with Crippen LogP contribution in [0.5, 0.6) is 0 Å². The van der Waals surface area contributed by atoms with Crippen LogP contribution in [-0.2, 0) is 19.6 Å². The molecule has 5 aromatic rings. The SMILES string of the molecule is CC(C)Cn1cnc2c1c(=O)n(Cc1cc(=O)n3ccsc3n1)c(=O)n2Cc1ccccc1. The lowest BCUT2D eigenvalue weighted by atomic mass is 10.2. The summed E-state index contributed by atoms with van der Waals surface area (Å²) in [4.78, 5) is 48.9. The van der Waals surface area contributed by atoms with Crippen LogP contribution in [0.25, 0.3) is 16.1 Å². The maximum absolute atomic E-state index is 13.5. The highest BCUT2D eigenvalue weighted by Gasteiger charge is 2.19. The average Bonchev–Trinajstić information content (AvgIpc) is 3.42. The van der Waals surface area contributed by atoms with Crippen molar-refractivity contribution in [2.24, 2.45) is 5.92 Å². The Morgan fingerprint density at radius 3 is 2.58 bits per heavy atom. The van der Waals surface area contributed by atoms with E-state index in [4.69, 9.17) is 0 Å². The van der Waals surface area contributed by atoms with Gasteiger partial charge in [0.15, 0.2) is 16.1 Å². The number of aromatic nitrogens is 6. The Bertz CT molecular complexity index is 1640. The van der Waals surface area contributed by atoms with Crippen molar-refractivity contribution >= 4 is 27.5 Å². The van der Waals surface area contributed by atoms with E-state index in [0.717, 1.165) is 10.1 Å². The van der Waals surface area contributed by atoms with Crippen molar-refractivity contribution in [1.29, 1.82) is 0 Å². The largest absolute Gasteiger partial charge is 0.333 e. The Morgan fingerprint density at radius 1 is 1.03 bits per heavy atom. The van der Waals surface area contributed by atoms with Crippen molar-refractivity contribution in [3.8, 4) is 0 Å². The first-order chi connectivity index (χ1) is 15.9. The highest BCUT2D eigenvalue weighted by molar-refractivity contribution is 7.15. The van der Waals surface area contributed by atoms with Gasteiger partial charge in [-0.15, -0.1) is 11.3 Å². The van der Waals surface area contributed by atoms with Gasteiger partial charge in [-0.3, -0.25) is 23.1 Å². The molecular formula is C23H22N6O3S. The van der Waals surface area contributed by atoms with E-state index in [1.54, 1.807) is 22.5 Å². The van der Waals surface area contributed by atoms with Crippen molar-refractivity contribution < 1.29 is 0 Å². The molecule has 168 valence electrons. The van der Waals surface area contributed by atoms with E-state index in [9.17, 15) is 14.4 Å². The molecule has 1 aromatic carbocycles. The van der Waals surface area contributed by atoms with Gasteiger partial charge in [0.25, 0.3) is 11.1 Å².